The fourth-order valence-corrected chi connectivity index (χ4v) is 6.11. The molecule has 1 heterocycles. The Morgan fingerprint density at radius 1 is 0.837 bits per heavy atom. The van der Waals surface area contributed by atoms with Gasteiger partial charge in [-0.25, -0.2) is 4.98 Å². The summed E-state index contributed by atoms with van der Waals surface area (Å²) in [4.78, 5) is 10.1. The molecule has 7 nitrogen and oxygen atoms in total. The molecule has 1 unspecified atom stereocenters. The second-order valence-electron chi connectivity index (χ2n) is 13.9. The van der Waals surface area contributed by atoms with Crippen LogP contribution in [0.5, 0.6) is 17.2 Å². The number of unbranched alkanes of at least 4 members (excludes halogenated alkanes) is 1. The van der Waals surface area contributed by atoms with Crippen molar-refractivity contribution in [2.75, 3.05) is 52.5 Å². The Hall–Kier alpha value is -3.29. The number of allylic oxidation sites excluding steroid dienone is 3. The van der Waals surface area contributed by atoms with E-state index in [-0.39, 0.29) is 11.5 Å². The SMILES string of the molecule is C/C=C(\C=C/C(C)Oc1ccc(-c2nc3c(OCCCN(CC)CC)cc(OCCCN(CC)CC)cc3n2CCCC)cc1)C(C)(C)C. The highest BCUT2D eigenvalue weighted by atomic mass is 16.5. The van der Waals surface area contributed by atoms with Gasteiger partial charge in [0.25, 0.3) is 0 Å². The number of nitrogens with zero attached hydrogens (tertiary/aromatic N) is 4. The molecule has 0 saturated heterocycles. The lowest BCUT2D eigenvalue weighted by Gasteiger charge is -2.20. The number of hydrogen-bond acceptors (Lipinski definition) is 6. The van der Waals surface area contributed by atoms with E-state index < -0.39 is 0 Å². The molecule has 0 aliphatic carbocycles. The van der Waals surface area contributed by atoms with Gasteiger partial charge in [-0.3, -0.25) is 0 Å². The summed E-state index contributed by atoms with van der Waals surface area (Å²) >= 11 is 0. The minimum atomic E-state index is -0.0517. The van der Waals surface area contributed by atoms with Gasteiger partial charge >= 0.3 is 0 Å². The average molecular weight is 675 g/mol. The summed E-state index contributed by atoms with van der Waals surface area (Å²) in [6, 6.07) is 12.6. The van der Waals surface area contributed by atoms with Crippen molar-refractivity contribution in [3.8, 4) is 28.6 Å². The second kappa shape index (κ2) is 20.4. The zero-order valence-electron chi connectivity index (χ0n) is 32.5. The molecular weight excluding hydrogens is 608 g/mol. The lowest BCUT2D eigenvalue weighted by molar-refractivity contribution is 0.243. The molecule has 272 valence electrons. The fraction of sp³-hybridized carbons (Fsp3) is 0.595. The topological polar surface area (TPSA) is 52.0 Å². The summed E-state index contributed by atoms with van der Waals surface area (Å²) < 4.78 is 21.5. The molecule has 2 aromatic carbocycles. The Morgan fingerprint density at radius 2 is 1.45 bits per heavy atom. The number of hydrogen-bond donors (Lipinski definition) is 0. The van der Waals surface area contributed by atoms with Crippen LogP contribution in [-0.4, -0.2) is 77.9 Å². The van der Waals surface area contributed by atoms with Crippen LogP contribution in [-0.2, 0) is 6.54 Å². The maximum atomic E-state index is 6.50. The molecule has 0 N–H and O–H groups in total. The van der Waals surface area contributed by atoms with Gasteiger partial charge < -0.3 is 28.6 Å². The van der Waals surface area contributed by atoms with Crippen molar-refractivity contribution < 1.29 is 14.2 Å². The Kier molecular flexibility index (Phi) is 16.7. The molecule has 0 aliphatic heterocycles. The van der Waals surface area contributed by atoms with E-state index in [4.69, 9.17) is 19.2 Å². The van der Waals surface area contributed by atoms with Gasteiger partial charge in [-0.05, 0) is 101 Å². The molecule has 1 aromatic heterocycles. The molecule has 7 heteroatoms. The molecule has 1 atom stereocenters. The van der Waals surface area contributed by atoms with Crippen LogP contribution in [0, 0.1) is 5.41 Å². The van der Waals surface area contributed by atoms with Crippen LogP contribution < -0.4 is 14.2 Å². The standard InChI is InChI=1S/C42H66N4O3/c1-11-17-28-46-38-31-37(47-29-18-26-44(13-3)14-4)32-39(48-30-19-27-45(15-5)16-6)40(38)43-41(46)34-21-24-36(25-22-34)49-33(7)20-23-35(12-2)42(8,9)10/h12,20-25,31-33H,11,13-19,26-30H2,1-10H3/b23-20-,35-12+. The zero-order chi connectivity index (χ0) is 35.8. The van der Waals surface area contributed by atoms with E-state index in [9.17, 15) is 0 Å². The van der Waals surface area contributed by atoms with Gasteiger partial charge in [-0.1, -0.05) is 74.0 Å². The number of aryl methyl sites for hydroxylation is 1. The van der Waals surface area contributed by atoms with Crippen molar-refractivity contribution in [3.05, 3.63) is 60.2 Å². The van der Waals surface area contributed by atoms with Crippen LogP contribution in [0.3, 0.4) is 0 Å². The number of rotatable bonds is 22. The van der Waals surface area contributed by atoms with E-state index in [1.807, 2.05) is 6.07 Å². The Bertz CT molecular complexity index is 1440. The number of fused-ring (bicyclic) bond motifs is 1. The molecular formula is C42H66N4O3. The molecule has 0 bridgehead atoms. The van der Waals surface area contributed by atoms with E-state index in [1.165, 1.54) is 5.57 Å². The van der Waals surface area contributed by atoms with Gasteiger partial charge in [0.2, 0.25) is 0 Å². The third kappa shape index (κ3) is 12.2. The predicted molar refractivity (Wildman–Crippen MR) is 208 cm³/mol. The van der Waals surface area contributed by atoms with Crippen LogP contribution in [0.25, 0.3) is 22.4 Å². The lowest BCUT2D eigenvalue weighted by atomic mass is 9.86. The fourth-order valence-electron chi connectivity index (χ4n) is 6.11. The van der Waals surface area contributed by atoms with Crippen molar-refractivity contribution in [2.45, 2.75) is 108 Å². The number of benzene rings is 2. The lowest BCUT2D eigenvalue weighted by Crippen LogP contribution is -2.25. The smallest absolute Gasteiger partial charge is 0.150 e. The summed E-state index contributed by atoms with van der Waals surface area (Å²) in [7, 11) is 0. The molecule has 0 radical (unpaired) electrons. The van der Waals surface area contributed by atoms with Gasteiger partial charge in [0.15, 0.2) is 5.75 Å². The van der Waals surface area contributed by atoms with Crippen molar-refractivity contribution in [1.29, 1.82) is 0 Å². The van der Waals surface area contributed by atoms with Gasteiger partial charge in [0, 0.05) is 37.3 Å². The van der Waals surface area contributed by atoms with E-state index in [0.29, 0.717) is 13.2 Å². The van der Waals surface area contributed by atoms with Gasteiger partial charge in [0.1, 0.15) is 28.9 Å². The van der Waals surface area contributed by atoms with Crippen molar-refractivity contribution in [2.24, 2.45) is 5.41 Å². The van der Waals surface area contributed by atoms with E-state index in [1.54, 1.807) is 0 Å². The molecule has 3 aromatic rings. The number of aromatic nitrogens is 2. The first-order valence-electron chi connectivity index (χ1n) is 18.9. The highest BCUT2D eigenvalue weighted by Gasteiger charge is 2.19. The highest BCUT2D eigenvalue weighted by molar-refractivity contribution is 5.87. The number of ether oxygens (including phenoxy) is 3. The Labute approximate surface area is 298 Å². The van der Waals surface area contributed by atoms with Crippen molar-refractivity contribution >= 4 is 11.0 Å². The Balaban J connectivity index is 1.91. The first-order chi connectivity index (χ1) is 23.6. The van der Waals surface area contributed by atoms with E-state index in [0.717, 1.165) is 111 Å². The average Bonchev–Trinajstić information content (AvgIpc) is 3.45. The third-order valence-corrected chi connectivity index (χ3v) is 9.24. The molecule has 0 aliphatic rings. The molecule has 0 saturated carbocycles. The molecule has 3 rings (SSSR count). The first-order valence-corrected chi connectivity index (χ1v) is 18.9. The minimum Gasteiger partial charge on any atom is -0.493 e. The van der Waals surface area contributed by atoms with Gasteiger partial charge in [-0.2, -0.15) is 0 Å². The third-order valence-electron chi connectivity index (χ3n) is 9.24. The van der Waals surface area contributed by atoms with Crippen LogP contribution >= 0.6 is 0 Å². The minimum absolute atomic E-state index is 0.0517. The maximum absolute atomic E-state index is 6.50. The van der Waals surface area contributed by atoms with E-state index in [2.05, 4.69) is 132 Å². The zero-order valence-corrected chi connectivity index (χ0v) is 32.5. The van der Waals surface area contributed by atoms with Crippen LogP contribution in [0.2, 0.25) is 0 Å². The summed E-state index contributed by atoms with van der Waals surface area (Å²) in [6.45, 7) is 30.4. The van der Waals surface area contributed by atoms with Crippen molar-refractivity contribution in [3.63, 3.8) is 0 Å². The first kappa shape index (κ1) is 40.1. The quantitative estimate of drug-likeness (QED) is 0.0781. The monoisotopic (exact) mass is 675 g/mol. The highest BCUT2D eigenvalue weighted by Crippen LogP contribution is 2.36. The molecule has 0 amide bonds. The normalized spacial score (nSPS) is 13.3. The van der Waals surface area contributed by atoms with Crippen molar-refractivity contribution in [1.82, 2.24) is 19.4 Å². The van der Waals surface area contributed by atoms with Crippen LogP contribution in [0.15, 0.2) is 60.2 Å². The maximum Gasteiger partial charge on any atom is 0.150 e. The van der Waals surface area contributed by atoms with Gasteiger partial charge in [0.05, 0.1) is 18.7 Å². The second-order valence-corrected chi connectivity index (χ2v) is 13.9. The molecule has 0 fully saturated rings. The molecule has 0 spiro atoms. The summed E-state index contributed by atoms with van der Waals surface area (Å²) in [5.41, 5.74) is 4.40. The van der Waals surface area contributed by atoms with Crippen LogP contribution in [0.4, 0.5) is 0 Å². The summed E-state index contributed by atoms with van der Waals surface area (Å²) in [5.74, 6) is 3.42. The summed E-state index contributed by atoms with van der Waals surface area (Å²) in [5, 5.41) is 0. The number of imidazole rings is 1. The molecule has 49 heavy (non-hydrogen) atoms. The largest absolute Gasteiger partial charge is 0.493 e. The summed E-state index contributed by atoms with van der Waals surface area (Å²) in [6.07, 6.45) is 10.5. The Morgan fingerprint density at radius 3 is 2.00 bits per heavy atom. The van der Waals surface area contributed by atoms with Crippen LogP contribution in [0.1, 0.15) is 94.9 Å². The predicted octanol–water partition coefficient (Wildman–Crippen LogP) is 10.0. The van der Waals surface area contributed by atoms with Gasteiger partial charge in [-0.15, -0.1) is 0 Å². The van der Waals surface area contributed by atoms with E-state index >= 15 is 0 Å².